The van der Waals surface area contributed by atoms with E-state index in [-0.39, 0.29) is 18.9 Å². The number of hydrogen-bond acceptors (Lipinski definition) is 5. The lowest BCUT2D eigenvalue weighted by Crippen LogP contribution is -2.31. The molecule has 1 aliphatic rings. The van der Waals surface area contributed by atoms with Gasteiger partial charge in [0.05, 0.1) is 18.2 Å². The standard InChI is InChI=1S/C22H20N2O4S/c1-13-10-20(29-24-13)19(11-21(25)26)23-22(27)28-12-18-16-8-4-2-6-14(16)15-7-3-5-9-17(15)18/h2-10,18-19H,11-12H2,1H3,(H,23,27)(H,25,26)/t19-/m0/s1. The molecule has 0 saturated carbocycles. The molecule has 6 nitrogen and oxygen atoms in total. The number of aromatic nitrogens is 1. The molecule has 1 aliphatic carbocycles. The molecular weight excluding hydrogens is 388 g/mol. The molecule has 2 aromatic carbocycles. The van der Waals surface area contributed by atoms with Gasteiger partial charge in [-0.25, -0.2) is 4.79 Å². The minimum Gasteiger partial charge on any atom is -0.481 e. The molecule has 1 amide bonds. The van der Waals surface area contributed by atoms with Crippen LogP contribution in [0.4, 0.5) is 4.79 Å². The third-order valence-corrected chi connectivity index (χ3v) is 6.00. The lowest BCUT2D eigenvalue weighted by molar-refractivity contribution is -0.137. The SMILES string of the molecule is Cc1cc([C@H](CC(=O)O)NC(=O)OCC2c3ccccc3-c3ccccc32)sn1. The summed E-state index contributed by atoms with van der Waals surface area (Å²) in [6.07, 6.45) is -0.865. The number of carbonyl (C=O) groups excluding carboxylic acids is 1. The van der Waals surface area contributed by atoms with Gasteiger partial charge in [0.25, 0.3) is 0 Å². The predicted octanol–water partition coefficient (Wildman–Crippen LogP) is 4.51. The van der Waals surface area contributed by atoms with Crippen molar-refractivity contribution in [2.75, 3.05) is 6.61 Å². The van der Waals surface area contributed by atoms with Crippen molar-refractivity contribution in [2.45, 2.75) is 25.3 Å². The van der Waals surface area contributed by atoms with Crippen LogP contribution < -0.4 is 5.32 Å². The van der Waals surface area contributed by atoms with Gasteiger partial charge in [0.2, 0.25) is 0 Å². The summed E-state index contributed by atoms with van der Waals surface area (Å²) < 4.78 is 9.69. The van der Waals surface area contributed by atoms with Crippen LogP contribution in [0.5, 0.6) is 0 Å². The third kappa shape index (κ3) is 4.00. The molecule has 0 aliphatic heterocycles. The second-order valence-electron chi connectivity index (χ2n) is 6.99. The number of carboxylic acid groups (broad SMARTS) is 1. The van der Waals surface area contributed by atoms with E-state index in [0.717, 1.165) is 27.9 Å². The van der Waals surface area contributed by atoms with E-state index in [1.54, 1.807) is 6.07 Å². The molecule has 0 bridgehead atoms. The second kappa shape index (κ2) is 8.05. The van der Waals surface area contributed by atoms with E-state index in [9.17, 15) is 14.7 Å². The highest BCUT2D eigenvalue weighted by molar-refractivity contribution is 7.05. The molecule has 0 spiro atoms. The first-order valence-electron chi connectivity index (χ1n) is 9.29. The van der Waals surface area contributed by atoms with E-state index in [1.165, 1.54) is 11.5 Å². The van der Waals surface area contributed by atoms with E-state index in [0.29, 0.717) is 4.88 Å². The van der Waals surface area contributed by atoms with Crippen molar-refractivity contribution in [1.29, 1.82) is 0 Å². The Balaban J connectivity index is 1.47. The van der Waals surface area contributed by atoms with E-state index < -0.39 is 18.1 Å². The quantitative estimate of drug-likeness (QED) is 0.627. The fourth-order valence-electron chi connectivity index (χ4n) is 3.73. The van der Waals surface area contributed by atoms with Crippen molar-refractivity contribution in [1.82, 2.24) is 9.69 Å². The Hall–Kier alpha value is -3.19. The fourth-order valence-corrected chi connectivity index (χ4v) is 4.52. The highest BCUT2D eigenvalue weighted by Crippen LogP contribution is 2.44. The molecule has 2 N–H and O–H groups in total. The summed E-state index contributed by atoms with van der Waals surface area (Å²) in [5, 5.41) is 11.9. The number of carboxylic acids is 1. The lowest BCUT2D eigenvalue weighted by Gasteiger charge is -2.18. The zero-order valence-corrected chi connectivity index (χ0v) is 16.6. The number of hydrogen-bond donors (Lipinski definition) is 2. The lowest BCUT2D eigenvalue weighted by atomic mass is 9.98. The van der Waals surface area contributed by atoms with Gasteiger partial charge < -0.3 is 15.2 Å². The summed E-state index contributed by atoms with van der Waals surface area (Å²) in [6.45, 7) is 2.01. The highest BCUT2D eigenvalue weighted by Gasteiger charge is 2.29. The van der Waals surface area contributed by atoms with Crippen LogP contribution in [0.1, 0.15) is 40.1 Å². The first-order chi connectivity index (χ1) is 14.0. The number of alkyl carbamates (subject to hydrolysis) is 1. The molecule has 0 fully saturated rings. The zero-order chi connectivity index (χ0) is 20.4. The largest absolute Gasteiger partial charge is 0.481 e. The number of benzene rings is 2. The van der Waals surface area contributed by atoms with Crippen LogP contribution >= 0.6 is 11.5 Å². The normalized spacial score (nSPS) is 13.4. The number of aliphatic carboxylic acids is 1. The Morgan fingerprint density at radius 2 is 1.76 bits per heavy atom. The van der Waals surface area contributed by atoms with Crippen molar-refractivity contribution < 1.29 is 19.4 Å². The molecule has 1 heterocycles. The van der Waals surface area contributed by atoms with Crippen LogP contribution in [0.3, 0.4) is 0 Å². The van der Waals surface area contributed by atoms with Crippen molar-refractivity contribution in [3.8, 4) is 11.1 Å². The van der Waals surface area contributed by atoms with Gasteiger partial charge in [-0.1, -0.05) is 48.5 Å². The molecule has 4 rings (SSSR count). The zero-order valence-electron chi connectivity index (χ0n) is 15.8. The Morgan fingerprint density at radius 3 is 2.31 bits per heavy atom. The van der Waals surface area contributed by atoms with Gasteiger partial charge in [-0.15, -0.1) is 0 Å². The van der Waals surface area contributed by atoms with Gasteiger partial charge in [-0.3, -0.25) is 4.79 Å². The molecule has 0 radical (unpaired) electrons. The molecule has 29 heavy (non-hydrogen) atoms. The van der Waals surface area contributed by atoms with Crippen LogP contribution in [0.2, 0.25) is 0 Å². The number of rotatable bonds is 6. The molecule has 1 aromatic heterocycles. The topological polar surface area (TPSA) is 88.5 Å². The number of amides is 1. The number of carbonyl (C=O) groups is 2. The van der Waals surface area contributed by atoms with Crippen LogP contribution in [0.15, 0.2) is 54.6 Å². The Bertz CT molecular complexity index is 1020. The minimum absolute atomic E-state index is 0.0447. The summed E-state index contributed by atoms with van der Waals surface area (Å²) in [5.74, 6) is -1.04. The average molecular weight is 408 g/mol. The van der Waals surface area contributed by atoms with Crippen LogP contribution in [-0.4, -0.2) is 28.1 Å². The summed E-state index contributed by atoms with van der Waals surface area (Å²) in [6, 6.07) is 17.3. The van der Waals surface area contributed by atoms with Gasteiger partial charge in [0.1, 0.15) is 6.61 Å². The van der Waals surface area contributed by atoms with Gasteiger partial charge in [-0.2, -0.15) is 4.37 Å². The average Bonchev–Trinajstić information content (AvgIpc) is 3.27. The van der Waals surface area contributed by atoms with E-state index in [1.807, 2.05) is 31.2 Å². The minimum atomic E-state index is -1.000. The molecule has 1 atom stereocenters. The maximum absolute atomic E-state index is 12.5. The van der Waals surface area contributed by atoms with Gasteiger partial charge >= 0.3 is 12.1 Å². The molecule has 0 unspecified atom stereocenters. The summed E-state index contributed by atoms with van der Waals surface area (Å²) in [7, 11) is 0. The Kier molecular flexibility index (Phi) is 5.31. The summed E-state index contributed by atoms with van der Waals surface area (Å²) >= 11 is 1.18. The van der Waals surface area contributed by atoms with E-state index >= 15 is 0 Å². The van der Waals surface area contributed by atoms with Gasteiger partial charge in [0, 0.05) is 10.8 Å². The highest BCUT2D eigenvalue weighted by atomic mass is 32.1. The summed E-state index contributed by atoms with van der Waals surface area (Å²) in [5.41, 5.74) is 5.35. The number of nitrogens with one attached hydrogen (secondary N) is 1. The second-order valence-corrected chi connectivity index (χ2v) is 7.83. The Labute approximate surface area is 172 Å². The first kappa shape index (κ1) is 19.1. The molecule has 3 aromatic rings. The summed E-state index contributed by atoms with van der Waals surface area (Å²) in [4.78, 5) is 24.4. The first-order valence-corrected chi connectivity index (χ1v) is 10.1. The van der Waals surface area contributed by atoms with Crippen molar-refractivity contribution >= 4 is 23.6 Å². The maximum Gasteiger partial charge on any atom is 0.407 e. The molecule has 7 heteroatoms. The van der Waals surface area contributed by atoms with Crippen LogP contribution in [0.25, 0.3) is 11.1 Å². The number of fused-ring (bicyclic) bond motifs is 3. The monoisotopic (exact) mass is 408 g/mol. The van der Waals surface area contributed by atoms with Gasteiger partial charge in [0.15, 0.2) is 0 Å². The van der Waals surface area contributed by atoms with Crippen molar-refractivity contribution in [3.05, 3.63) is 76.3 Å². The number of nitrogens with zero attached hydrogens (tertiary/aromatic N) is 1. The number of aryl methyl sites for hydroxylation is 1. The molecule has 148 valence electrons. The fraction of sp³-hybridized carbons (Fsp3) is 0.227. The predicted molar refractivity (Wildman–Crippen MR) is 110 cm³/mol. The van der Waals surface area contributed by atoms with E-state index in [4.69, 9.17) is 4.74 Å². The van der Waals surface area contributed by atoms with Crippen LogP contribution in [-0.2, 0) is 9.53 Å². The smallest absolute Gasteiger partial charge is 0.407 e. The Morgan fingerprint density at radius 1 is 1.14 bits per heavy atom. The van der Waals surface area contributed by atoms with Crippen LogP contribution in [0, 0.1) is 6.92 Å². The van der Waals surface area contributed by atoms with Crippen molar-refractivity contribution in [2.24, 2.45) is 0 Å². The molecular formula is C22H20N2O4S. The maximum atomic E-state index is 12.5. The van der Waals surface area contributed by atoms with E-state index in [2.05, 4.69) is 34.0 Å². The van der Waals surface area contributed by atoms with Crippen molar-refractivity contribution in [3.63, 3.8) is 0 Å². The molecule has 0 saturated heterocycles. The number of ether oxygens (including phenoxy) is 1. The van der Waals surface area contributed by atoms with Gasteiger partial charge in [-0.05, 0) is 46.8 Å². The third-order valence-electron chi connectivity index (χ3n) is 5.00.